The van der Waals surface area contributed by atoms with Gasteiger partial charge in [-0.25, -0.2) is 9.97 Å². The van der Waals surface area contributed by atoms with E-state index in [1.54, 1.807) is 6.20 Å². The van der Waals surface area contributed by atoms with E-state index in [9.17, 15) is 4.79 Å². The Labute approximate surface area is 189 Å². The van der Waals surface area contributed by atoms with Gasteiger partial charge in [0.15, 0.2) is 0 Å². The lowest BCUT2D eigenvalue weighted by Crippen LogP contribution is -2.47. The molecule has 2 aliphatic rings. The largest absolute Gasteiger partial charge is 0.353 e. The van der Waals surface area contributed by atoms with Crippen molar-refractivity contribution in [1.29, 1.82) is 0 Å². The topological polar surface area (TPSA) is 61.4 Å². The summed E-state index contributed by atoms with van der Waals surface area (Å²) in [6.45, 7) is 3.55. The SMILES string of the molecule is O=C(NC1CCCCCC1)c1cnc(N2CCN(c3ccccn3)CC2)c2ccccc12. The first-order valence-electron chi connectivity index (χ1n) is 11.9. The molecule has 1 saturated heterocycles. The van der Waals surface area contributed by atoms with E-state index in [1.165, 1.54) is 25.7 Å². The van der Waals surface area contributed by atoms with Gasteiger partial charge in [0.05, 0.1) is 5.56 Å². The Morgan fingerprint density at radius 3 is 2.22 bits per heavy atom. The minimum Gasteiger partial charge on any atom is -0.353 e. The number of amides is 1. The number of piperazine rings is 1. The molecule has 0 bridgehead atoms. The van der Waals surface area contributed by atoms with Crippen molar-refractivity contribution in [3.05, 3.63) is 60.4 Å². The smallest absolute Gasteiger partial charge is 0.253 e. The lowest BCUT2D eigenvalue weighted by atomic mass is 10.0. The van der Waals surface area contributed by atoms with Crippen molar-refractivity contribution in [3.8, 4) is 0 Å². The molecule has 166 valence electrons. The zero-order valence-corrected chi connectivity index (χ0v) is 18.5. The summed E-state index contributed by atoms with van der Waals surface area (Å²) in [4.78, 5) is 27.1. The predicted molar refractivity (Wildman–Crippen MR) is 129 cm³/mol. The maximum absolute atomic E-state index is 13.1. The van der Waals surface area contributed by atoms with E-state index in [2.05, 4.69) is 32.2 Å². The van der Waals surface area contributed by atoms with Crippen molar-refractivity contribution in [1.82, 2.24) is 15.3 Å². The molecule has 32 heavy (non-hydrogen) atoms. The minimum absolute atomic E-state index is 0.00659. The number of carbonyl (C=O) groups is 1. The normalized spacial score (nSPS) is 17.9. The highest BCUT2D eigenvalue weighted by Crippen LogP contribution is 2.29. The summed E-state index contributed by atoms with van der Waals surface area (Å²) in [7, 11) is 0. The number of pyridine rings is 2. The van der Waals surface area contributed by atoms with Crippen molar-refractivity contribution < 1.29 is 4.79 Å². The fourth-order valence-electron chi connectivity index (χ4n) is 4.99. The zero-order chi connectivity index (χ0) is 21.8. The number of fused-ring (bicyclic) bond motifs is 1. The van der Waals surface area contributed by atoms with E-state index in [0.29, 0.717) is 5.56 Å². The van der Waals surface area contributed by atoms with Crippen LogP contribution in [0.1, 0.15) is 48.9 Å². The van der Waals surface area contributed by atoms with Gasteiger partial charge < -0.3 is 15.1 Å². The fourth-order valence-corrected chi connectivity index (χ4v) is 4.99. The molecule has 1 aliphatic carbocycles. The summed E-state index contributed by atoms with van der Waals surface area (Å²) >= 11 is 0. The molecule has 2 aromatic heterocycles. The van der Waals surface area contributed by atoms with Crippen LogP contribution in [0.2, 0.25) is 0 Å². The Balaban J connectivity index is 1.35. The average molecular weight is 430 g/mol. The maximum Gasteiger partial charge on any atom is 0.253 e. The van der Waals surface area contributed by atoms with Gasteiger partial charge in [0, 0.05) is 50.0 Å². The van der Waals surface area contributed by atoms with Gasteiger partial charge in [0.1, 0.15) is 11.6 Å². The van der Waals surface area contributed by atoms with Crippen LogP contribution in [-0.2, 0) is 0 Å². The Hall–Kier alpha value is -3.15. The molecule has 2 fully saturated rings. The Kier molecular flexibility index (Phi) is 6.19. The van der Waals surface area contributed by atoms with Crippen LogP contribution in [0.15, 0.2) is 54.9 Å². The van der Waals surface area contributed by atoms with Crippen LogP contribution in [0.5, 0.6) is 0 Å². The Morgan fingerprint density at radius 2 is 1.50 bits per heavy atom. The molecule has 0 radical (unpaired) electrons. The Morgan fingerprint density at radius 1 is 0.812 bits per heavy atom. The third-order valence-corrected chi connectivity index (χ3v) is 6.76. The van der Waals surface area contributed by atoms with Crippen LogP contribution in [0.25, 0.3) is 10.8 Å². The van der Waals surface area contributed by atoms with Gasteiger partial charge in [0.2, 0.25) is 0 Å². The summed E-state index contributed by atoms with van der Waals surface area (Å²) in [5.41, 5.74) is 0.681. The van der Waals surface area contributed by atoms with Crippen LogP contribution in [0, 0.1) is 0 Å². The van der Waals surface area contributed by atoms with Gasteiger partial charge in [-0.3, -0.25) is 4.79 Å². The van der Waals surface area contributed by atoms with Crippen LogP contribution >= 0.6 is 0 Å². The van der Waals surface area contributed by atoms with Gasteiger partial charge >= 0.3 is 0 Å². The van der Waals surface area contributed by atoms with Gasteiger partial charge in [0.25, 0.3) is 5.91 Å². The second kappa shape index (κ2) is 9.55. The molecular formula is C26H31N5O. The van der Waals surface area contributed by atoms with Crippen LogP contribution in [0.4, 0.5) is 11.6 Å². The van der Waals surface area contributed by atoms with Crippen LogP contribution in [0.3, 0.4) is 0 Å². The highest BCUT2D eigenvalue weighted by atomic mass is 16.1. The minimum atomic E-state index is 0.00659. The first-order chi connectivity index (χ1) is 15.8. The molecule has 0 spiro atoms. The number of benzene rings is 1. The van der Waals surface area contributed by atoms with Crippen molar-refractivity contribution in [2.24, 2.45) is 0 Å². The van der Waals surface area contributed by atoms with Crippen molar-refractivity contribution >= 4 is 28.3 Å². The van der Waals surface area contributed by atoms with Crippen molar-refractivity contribution in [2.45, 2.75) is 44.6 Å². The number of aromatic nitrogens is 2. The number of rotatable bonds is 4. The van der Waals surface area contributed by atoms with Crippen LogP contribution in [-0.4, -0.2) is 48.1 Å². The predicted octanol–water partition coefficient (Wildman–Crippen LogP) is 4.41. The van der Waals surface area contributed by atoms with Gasteiger partial charge in [-0.2, -0.15) is 0 Å². The average Bonchev–Trinajstić information content (AvgIpc) is 3.12. The van der Waals surface area contributed by atoms with E-state index in [4.69, 9.17) is 4.98 Å². The second-order valence-electron chi connectivity index (χ2n) is 8.87. The summed E-state index contributed by atoms with van der Waals surface area (Å²) in [6, 6.07) is 14.5. The lowest BCUT2D eigenvalue weighted by Gasteiger charge is -2.36. The molecular weight excluding hydrogens is 398 g/mol. The van der Waals surface area contributed by atoms with Gasteiger partial charge in [-0.05, 0) is 30.4 Å². The molecule has 0 atom stereocenters. The molecule has 6 nitrogen and oxygen atoms in total. The van der Waals surface area contributed by atoms with E-state index in [0.717, 1.165) is 61.4 Å². The molecule has 1 aromatic carbocycles. The standard InChI is InChI=1S/C26H31N5O/c32-26(29-20-9-3-1-2-4-10-20)23-19-28-25(22-12-6-5-11-21(22)23)31-17-15-30(16-18-31)24-13-7-8-14-27-24/h5-8,11-14,19-20H,1-4,9-10,15-18H2,(H,29,32). The third-order valence-electron chi connectivity index (χ3n) is 6.76. The molecule has 3 heterocycles. The van der Waals surface area contributed by atoms with E-state index in [-0.39, 0.29) is 11.9 Å². The molecule has 5 rings (SSSR count). The molecule has 1 saturated carbocycles. The number of nitrogens with one attached hydrogen (secondary N) is 1. The summed E-state index contributed by atoms with van der Waals surface area (Å²) in [6.07, 6.45) is 10.7. The summed E-state index contributed by atoms with van der Waals surface area (Å²) < 4.78 is 0. The van der Waals surface area contributed by atoms with Gasteiger partial charge in [-0.15, -0.1) is 0 Å². The number of hydrogen-bond donors (Lipinski definition) is 1. The summed E-state index contributed by atoms with van der Waals surface area (Å²) in [5.74, 6) is 2.00. The van der Waals surface area contributed by atoms with Gasteiger partial charge in [-0.1, -0.05) is 56.0 Å². The van der Waals surface area contributed by atoms with E-state index >= 15 is 0 Å². The van der Waals surface area contributed by atoms with E-state index < -0.39 is 0 Å². The van der Waals surface area contributed by atoms with Crippen molar-refractivity contribution in [3.63, 3.8) is 0 Å². The molecule has 1 amide bonds. The van der Waals surface area contributed by atoms with E-state index in [1.807, 2.05) is 36.5 Å². The third kappa shape index (κ3) is 4.40. The number of anilines is 2. The maximum atomic E-state index is 13.1. The number of nitrogens with zero attached hydrogens (tertiary/aromatic N) is 4. The van der Waals surface area contributed by atoms with Crippen LogP contribution < -0.4 is 15.1 Å². The first-order valence-corrected chi connectivity index (χ1v) is 11.9. The number of hydrogen-bond acceptors (Lipinski definition) is 5. The molecule has 6 heteroatoms. The molecule has 0 unspecified atom stereocenters. The highest BCUT2D eigenvalue weighted by Gasteiger charge is 2.23. The molecule has 1 aliphatic heterocycles. The lowest BCUT2D eigenvalue weighted by molar-refractivity contribution is 0.0934. The monoisotopic (exact) mass is 429 g/mol. The number of carbonyl (C=O) groups excluding carboxylic acids is 1. The first kappa shape index (κ1) is 20.7. The van der Waals surface area contributed by atoms with Crippen molar-refractivity contribution in [2.75, 3.05) is 36.0 Å². The quantitative estimate of drug-likeness (QED) is 0.623. The molecule has 1 N–H and O–H groups in total. The fraction of sp³-hybridized carbons (Fsp3) is 0.423. The Bertz CT molecular complexity index is 1050. The summed E-state index contributed by atoms with van der Waals surface area (Å²) in [5, 5.41) is 5.31. The highest BCUT2D eigenvalue weighted by molar-refractivity contribution is 6.09. The molecule has 3 aromatic rings. The zero-order valence-electron chi connectivity index (χ0n) is 18.5. The second-order valence-corrected chi connectivity index (χ2v) is 8.87.